The van der Waals surface area contributed by atoms with Gasteiger partial charge in [-0.1, -0.05) is 121 Å². The van der Waals surface area contributed by atoms with Crippen molar-refractivity contribution in [3.05, 3.63) is 138 Å². The van der Waals surface area contributed by atoms with Gasteiger partial charge in [0.1, 0.15) is 11.6 Å². The van der Waals surface area contributed by atoms with Gasteiger partial charge in [0.2, 0.25) is 0 Å². The fourth-order valence-electron chi connectivity index (χ4n) is 9.22. The molecule has 10 heteroatoms. The summed E-state index contributed by atoms with van der Waals surface area (Å²) in [5.74, 6) is 3.81. The van der Waals surface area contributed by atoms with Gasteiger partial charge in [-0.3, -0.25) is 4.98 Å². The van der Waals surface area contributed by atoms with Crippen LogP contribution in [0.3, 0.4) is 0 Å². The minimum Gasteiger partial charge on any atom is -0.507 e. The Kier molecular flexibility index (Phi) is 11.6. The summed E-state index contributed by atoms with van der Waals surface area (Å²) in [7, 11) is 4.31. The summed E-state index contributed by atoms with van der Waals surface area (Å²) in [6.07, 6.45) is 4.00. The van der Waals surface area contributed by atoms with Gasteiger partial charge in [0.15, 0.2) is 0 Å². The van der Waals surface area contributed by atoms with Crippen LogP contribution >= 0.6 is 0 Å². The number of aromatic nitrogens is 4. The number of fused-ring (bicyclic) bond motifs is 8. The molecule has 0 unspecified atom stereocenters. The molecule has 0 amide bonds. The molecule has 0 aliphatic carbocycles. The van der Waals surface area contributed by atoms with Gasteiger partial charge in [0, 0.05) is 44.0 Å². The Labute approximate surface area is 358 Å². The van der Waals surface area contributed by atoms with Crippen molar-refractivity contribution in [2.24, 2.45) is 0 Å². The Balaban J connectivity index is 0.000000176. The molecule has 0 saturated heterocycles. The Morgan fingerprint density at radius 3 is 1.74 bits per heavy atom. The number of hydrogen-bond acceptors (Lipinski definition) is 5. The molecule has 0 bridgehead atoms. The maximum absolute atomic E-state index is 10.8. The third-order valence-corrected chi connectivity index (χ3v) is 11.9. The molecular weight excluding hydrogens is 890 g/mol. The monoisotopic (exact) mass is 944 g/mol. The van der Waals surface area contributed by atoms with E-state index < -0.39 is 0 Å². The van der Waals surface area contributed by atoms with Crippen LogP contribution in [0.25, 0.3) is 33.8 Å². The van der Waals surface area contributed by atoms with Crippen LogP contribution in [0.15, 0.2) is 109 Å². The van der Waals surface area contributed by atoms with Crippen LogP contribution in [0.2, 0.25) is 0 Å². The fourth-order valence-corrected chi connectivity index (χ4v) is 9.22. The summed E-state index contributed by atoms with van der Waals surface area (Å²) in [5, 5.41) is 10.8. The van der Waals surface area contributed by atoms with E-state index >= 15 is 0 Å². The first-order valence-electron chi connectivity index (χ1n) is 20.4. The van der Waals surface area contributed by atoms with Crippen LogP contribution in [-0.4, -0.2) is 52.1 Å². The SMILES string of the molecule is CC(C)c1cccc(C(C)C)c1B1N(C)c2ccc[c-]c2-c2nccn21.CC(C)c1cccc(C(C)C)c1B1N(C)c2cccc(O)c2-c2nc3ccccc3n21.[Ir]. The molecule has 297 valence electrons. The number of phenols is 1. The van der Waals surface area contributed by atoms with E-state index in [2.05, 4.69) is 178 Å². The van der Waals surface area contributed by atoms with Crippen molar-refractivity contribution in [2.75, 3.05) is 23.7 Å². The van der Waals surface area contributed by atoms with Gasteiger partial charge >= 0.3 is 14.0 Å². The first kappa shape index (κ1) is 41.1. The molecule has 4 heterocycles. The molecule has 5 aromatic carbocycles. The van der Waals surface area contributed by atoms with Crippen LogP contribution < -0.4 is 20.5 Å². The van der Waals surface area contributed by atoms with Crippen molar-refractivity contribution in [1.29, 1.82) is 0 Å². The molecule has 2 aliphatic heterocycles. The Hall–Kier alpha value is -5.04. The molecule has 1 radical (unpaired) electrons. The number of para-hydroxylation sites is 2. The Morgan fingerprint density at radius 2 is 1.14 bits per heavy atom. The molecule has 58 heavy (non-hydrogen) atoms. The topological polar surface area (TPSA) is 62.4 Å². The van der Waals surface area contributed by atoms with Crippen LogP contribution in [0.1, 0.15) is 101 Å². The average Bonchev–Trinajstić information content (AvgIpc) is 3.84. The second-order valence-corrected chi connectivity index (χ2v) is 16.8. The average molecular weight is 944 g/mol. The zero-order chi connectivity index (χ0) is 40.3. The number of benzene rings is 5. The van der Waals surface area contributed by atoms with Crippen LogP contribution in [0, 0.1) is 6.07 Å². The smallest absolute Gasteiger partial charge is 0.417 e. The first-order valence-corrected chi connectivity index (χ1v) is 20.4. The standard InChI is InChI=1S/C26H28BN3O.C22H25BN3.Ir/c1-16(2)18-10-8-11-19(17(3)4)25(18)27-29(5)22-14-9-15-23(31)24(22)26-28-20-12-6-7-13-21(20)30(26)27;1-15(2)17-10-8-11-18(16(3)4)21(17)23-25(5)20-12-7-6-9-19(20)22-24-13-14-26(22)23;/h6-17,31H,1-5H3;6-8,10-16H,1-5H3;/q;-1;. The zero-order valence-corrected chi connectivity index (χ0v) is 37.7. The Bertz CT molecular complexity index is 2540. The summed E-state index contributed by atoms with van der Waals surface area (Å²) in [5.41, 5.74) is 14.4. The van der Waals surface area contributed by atoms with Gasteiger partial charge in [-0.25, -0.2) is 4.98 Å². The van der Waals surface area contributed by atoms with Crippen molar-refractivity contribution in [1.82, 2.24) is 18.9 Å². The first-order chi connectivity index (χ1) is 27.4. The van der Waals surface area contributed by atoms with Crippen molar-refractivity contribution < 1.29 is 25.2 Å². The molecule has 7 aromatic rings. The number of rotatable bonds is 6. The molecule has 0 fully saturated rings. The van der Waals surface area contributed by atoms with E-state index in [1.807, 2.05) is 24.4 Å². The van der Waals surface area contributed by atoms with E-state index in [1.54, 1.807) is 6.07 Å². The molecular formula is C48H53B2IrN6O-. The van der Waals surface area contributed by atoms with E-state index in [-0.39, 0.29) is 39.8 Å². The number of aromatic hydroxyl groups is 1. The summed E-state index contributed by atoms with van der Waals surface area (Å²) < 4.78 is 4.61. The van der Waals surface area contributed by atoms with E-state index in [0.717, 1.165) is 39.5 Å². The quantitative estimate of drug-likeness (QED) is 0.133. The van der Waals surface area contributed by atoms with E-state index in [0.29, 0.717) is 23.7 Å². The van der Waals surface area contributed by atoms with E-state index in [4.69, 9.17) is 4.98 Å². The molecule has 0 saturated carbocycles. The molecule has 0 spiro atoms. The summed E-state index contributed by atoms with van der Waals surface area (Å²) >= 11 is 0. The molecule has 7 nitrogen and oxygen atoms in total. The second kappa shape index (κ2) is 16.3. The van der Waals surface area contributed by atoms with Gasteiger partial charge in [0.05, 0.1) is 16.6 Å². The van der Waals surface area contributed by atoms with E-state index in [1.165, 1.54) is 38.9 Å². The zero-order valence-electron chi connectivity index (χ0n) is 35.3. The summed E-state index contributed by atoms with van der Waals surface area (Å²) in [6, 6.07) is 37.1. The number of phenolic OH excluding ortho intramolecular Hbond substituents is 1. The normalized spacial score (nSPS) is 13.1. The largest absolute Gasteiger partial charge is 0.507 e. The van der Waals surface area contributed by atoms with Crippen molar-refractivity contribution in [3.8, 4) is 28.5 Å². The summed E-state index contributed by atoms with van der Waals surface area (Å²) in [4.78, 5) is 14.3. The van der Waals surface area contributed by atoms with Gasteiger partial charge < -0.3 is 23.7 Å². The number of hydrogen-bond donors (Lipinski definition) is 1. The predicted octanol–water partition coefficient (Wildman–Crippen LogP) is 9.64. The molecule has 2 aromatic heterocycles. The molecule has 1 N–H and O–H groups in total. The fraction of sp³-hybridized carbons (Fsp3) is 0.292. The molecule has 2 aliphatic rings. The maximum atomic E-state index is 10.8. The van der Waals surface area contributed by atoms with E-state index in [9.17, 15) is 5.11 Å². The third-order valence-electron chi connectivity index (χ3n) is 11.9. The third kappa shape index (κ3) is 6.78. The minimum absolute atomic E-state index is 0. The number of anilines is 2. The maximum Gasteiger partial charge on any atom is 0.417 e. The van der Waals surface area contributed by atoms with Crippen molar-refractivity contribution in [3.63, 3.8) is 0 Å². The van der Waals surface area contributed by atoms with Crippen LogP contribution in [-0.2, 0) is 20.1 Å². The summed E-state index contributed by atoms with van der Waals surface area (Å²) in [6.45, 7) is 18.2. The molecule has 0 atom stereocenters. The van der Waals surface area contributed by atoms with Crippen LogP contribution in [0.5, 0.6) is 5.75 Å². The minimum atomic E-state index is -0.0484. The van der Waals surface area contributed by atoms with Gasteiger partial charge in [-0.2, -0.15) is 0 Å². The van der Waals surface area contributed by atoms with Crippen molar-refractivity contribution in [2.45, 2.75) is 79.1 Å². The van der Waals surface area contributed by atoms with Crippen molar-refractivity contribution >= 4 is 47.3 Å². The Morgan fingerprint density at radius 1 is 0.603 bits per heavy atom. The van der Waals surface area contributed by atoms with Crippen LogP contribution in [0.4, 0.5) is 11.4 Å². The van der Waals surface area contributed by atoms with Gasteiger partial charge in [-0.15, -0.1) is 24.3 Å². The predicted molar refractivity (Wildman–Crippen MR) is 241 cm³/mol. The molecule has 9 rings (SSSR count). The number of nitrogens with zero attached hydrogens (tertiary/aromatic N) is 6. The van der Waals surface area contributed by atoms with Gasteiger partial charge in [0.25, 0.3) is 0 Å². The number of imidazole rings is 2. The second-order valence-electron chi connectivity index (χ2n) is 16.8. The van der Waals surface area contributed by atoms with Gasteiger partial charge in [-0.05, 0) is 95.2 Å².